The molecule has 0 bridgehead atoms. The van der Waals surface area contributed by atoms with Gasteiger partial charge in [0.05, 0.1) is 5.69 Å². The van der Waals surface area contributed by atoms with Gasteiger partial charge in [-0.05, 0) is 43.5 Å². The average Bonchev–Trinajstić information content (AvgIpc) is 3.22. The van der Waals surface area contributed by atoms with Crippen LogP contribution in [0.5, 0.6) is 0 Å². The molecule has 1 aliphatic rings. The average molecular weight is 421 g/mol. The summed E-state index contributed by atoms with van der Waals surface area (Å²) in [5.74, 6) is 1.68. The van der Waals surface area contributed by atoms with Gasteiger partial charge in [-0.25, -0.2) is 9.37 Å². The molecule has 1 saturated carbocycles. The van der Waals surface area contributed by atoms with Crippen LogP contribution < -0.4 is 10.6 Å². The maximum absolute atomic E-state index is 13.0. The second kappa shape index (κ2) is 10.5. The topological polar surface area (TPSA) is 79.5 Å². The molecular formula is C21H29FN4O2S. The number of oxazole rings is 1. The molecule has 6 nitrogen and oxygen atoms in total. The van der Waals surface area contributed by atoms with Crippen molar-refractivity contribution in [1.82, 2.24) is 15.6 Å². The van der Waals surface area contributed by atoms with Crippen LogP contribution >= 0.6 is 0 Å². The standard InChI is InChI=1S/C21H29FN4O2S/c1-3-29(27)19-6-4-5-17(13-19)26-21(23-2)24-12-11-18-14-28-20(25-18)15-7-9-16(22)10-8-15/h7-10,14,17,19H,3-6,11-13H2,1-2H3,(H2,23,24,26). The lowest BCUT2D eigenvalue weighted by atomic mass is 9.95. The van der Waals surface area contributed by atoms with E-state index in [4.69, 9.17) is 4.42 Å². The van der Waals surface area contributed by atoms with E-state index in [2.05, 4.69) is 20.6 Å². The number of benzene rings is 1. The van der Waals surface area contributed by atoms with Gasteiger partial charge in [0.25, 0.3) is 0 Å². The lowest BCUT2D eigenvalue weighted by Gasteiger charge is -2.30. The minimum Gasteiger partial charge on any atom is -0.444 e. The molecular weight excluding hydrogens is 391 g/mol. The Kier molecular flexibility index (Phi) is 7.80. The van der Waals surface area contributed by atoms with Gasteiger partial charge in [-0.15, -0.1) is 0 Å². The quantitative estimate of drug-likeness (QED) is 0.531. The molecule has 1 aromatic heterocycles. The van der Waals surface area contributed by atoms with Crippen LogP contribution in [0, 0.1) is 5.82 Å². The summed E-state index contributed by atoms with van der Waals surface area (Å²) < 4.78 is 30.7. The fourth-order valence-corrected chi connectivity index (χ4v) is 4.94. The van der Waals surface area contributed by atoms with Crippen LogP contribution in [0.15, 0.2) is 39.9 Å². The first-order chi connectivity index (χ1) is 14.1. The van der Waals surface area contributed by atoms with E-state index in [0.29, 0.717) is 24.9 Å². The normalized spacial score (nSPS) is 21.0. The number of nitrogens with zero attached hydrogens (tertiary/aromatic N) is 2. The molecule has 1 heterocycles. The Morgan fingerprint density at radius 3 is 2.86 bits per heavy atom. The molecule has 3 unspecified atom stereocenters. The predicted molar refractivity (Wildman–Crippen MR) is 115 cm³/mol. The molecule has 0 amide bonds. The highest BCUT2D eigenvalue weighted by Gasteiger charge is 2.26. The van der Waals surface area contributed by atoms with Gasteiger partial charge in [-0.1, -0.05) is 13.3 Å². The Balaban J connectivity index is 1.46. The summed E-state index contributed by atoms with van der Waals surface area (Å²) >= 11 is 0. The lowest BCUT2D eigenvalue weighted by molar-refractivity contribution is 0.413. The van der Waals surface area contributed by atoms with Crippen LogP contribution in [0.3, 0.4) is 0 Å². The second-order valence-corrected chi connectivity index (χ2v) is 9.20. The van der Waals surface area contributed by atoms with Crippen LogP contribution in [0.4, 0.5) is 4.39 Å². The van der Waals surface area contributed by atoms with Crippen LogP contribution in [0.2, 0.25) is 0 Å². The summed E-state index contributed by atoms with van der Waals surface area (Å²) in [7, 11) is 1.02. The monoisotopic (exact) mass is 420 g/mol. The number of hydrogen-bond donors (Lipinski definition) is 2. The fraction of sp³-hybridized carbons (Fsp3) is 0.524. The van der Waals surface area contributed by atoms with E-state index in [-0.39, 0.29) is 11.1 Å². The molecule has 0 radical (unpaired) electrons. The maximum Gasteiger partial charge on any atom is 0.226 e. The molecule has 1 aromatic carbocycles. The van der Waals surface area contributed by atoms with E-state index in [1.165, 1.54) is 12.1 Å². The van der Waals surface area contributed by atoms with Crippen LogP contribution in [-0.4, -0.2) is 45.8 Å². The van der Waals surface area contributed by atoms with Gasteiger partial charge < -0.3 is 15.1 Å². The summed E-state index contributed by atoms with van der Waals surface area (Å²) in [5, 5.41) is 7.06. The summed E-state index contributed by atoms with van der Waals surface area (Å²) in [5.41, 5.74) is 1.57. The Bertz CT molecular complexity index is 837. The minimum atomic E-state index is -0.736. The number of hydrogen-bond acceptors (Lipinski definition) is 4. The van der Waals surface area contributed by atoms with Gasteiger partial charge >= 0.3 is 0 Å². The third kappa shape index (κ3) is 6.13. The van der Waals surface area contributed by atoms with E-state index in [1.54, 1.807) is 25.4 Å². The van der Waals surface area contributed by atoms with Crippen molar-refractivity contribution in [3.8, 4) is 11.5 Å². The first-order valence-corrected chi connectivity index (χ1v) is 11.5. The highest BCUT2D eigenvalue weighted by atomic mass is 32.2. The molecule has 3 rings (SSSR count). The molecule has 0 aliphatic heterocycles. The molecule has 3 atom stereocenters. The number of aliphatic imine (C=N–C) groups is 1. The molecule has 0 spiro atoms. The van der Waals surface area contributed by atoms with Gasteiger partial charge in [0, 0.05) is 53.4 Å². The van der Waals surface area contributed by atoms with E-state index in [9.17, 15) is 8.60 Å². The molecule has 1 aliphatic carbocycles. The summed E-state index contributed by atoms with van der Waals surface area (Å²) in [4.78, 5) is 8.77. The third-order valence-corrected chi connectivity index (χ3v) is 6.90. The number of rotatable bonds is 7. The zero-order valence-electron chi connectivity index (χ0n) is 17.0. The zero-order valence-corrected chi connectivity index (χ0v) is 17.8. The highest BCUT2D eigenvalue weighted by Crippen LogP contribution is 2.23. The molecule has 1 fully saturated rings. The molecule has 2 N–H and O–H groups in total. The number of halogens is 1. The number of aromatic nitrogens is 1. The zero-order chi connectivity index (χ0) is 20.6. The van der Waals surface area contributed by atoms with Gasteiger partial charge in [-0.2, -0.15) is 0 Å². The summed E-state index contributed by atoms with van der Waals surface area (Å²) in [6.45, 7) is 2.64. The second-order valence-electron chi connectivity index (χ2n) is 7.20. The first-order valence-electron chi connectivity index (χ1n) is 10.1. The lowest BCUT2D eigenvalue weighted by Crippen LogP contribution is -2.47. The largest absolute Gasteiger partial charge is 0.444 e. The first kappa shape index (κ1) is 21.5. The van der Waals surface area contributed by atoms with Crippen molar-refractivity contribution >= 4 is 16.8 Å². The van der Waals surface area contributed by atoms with Crippen molar-refractivity contribution in [2.45, 2.75) is 50.3 Å². The summed E-state index contributed by atoms with van der Waals surface area (Å²) in [6, 6.07) is 6.38. The van der Waals surface area contributed by atoms with Crippen LogP contribution in [0.25, 0.3) is 11.5 Å². The van der Waals surface area contributed by atoms with E-state index in [0.717, 1.165) is 48.7 Å². The smallest absolute Gasteiger partial charge is 0.226 e. The van der Waals surface area contributed by atoms with E-state index >= 15 is 0 Å². The number of guanidine groups is 1. The van der Waals surface area contributed by atoms with Crippen molar-refractivity contribution in [2.75, 3.05) is 19.3 Å². The Hall–Kier alpha value is -2.22. The third-order valence-electron chi connectivity index (χ3n) is 5.16. The van der Waals surface area contributed by atoms with Gasteiger partial charge in [0.1, 0.15) is 12.1 Å². The predicted octanol–water partition coefficient (Wildman–Crippen LogP) is 3.27. The fourth-order valence-electron chi connectivity index (χ4n) is 3.59. The Labute approximate surface area is 173 Å². The van der Waals surface area contributed by atoms with Crippen molar-refractivity contribution in [3.63, 3.8) is 0 Å². The van der Waals surface area contributed by atoms with Crippen molar-refractivity contribution < 1.29 is 13.0 Å². The molecule has 158 valence electrons. The van der Waals surface area contributed by atoms with Gasteiger partial charge in [0.15, 0.2) is 5.96 Å². The minimum absolute atomic E-state index is 0.282. The van der Waals surface area contributed by atoms with Crippen molar-refractivity contribution in [1.29, 1.82) is 0 Å². The van der Waals surface area contributed by atoms with Crippen LogP contribution in [-0.2, 0) is 17.2 Å². The molecule has 8 heteroatoms. The van der Waals surface area contributed by atoms with Crippen molar-refractivity contribution in [2.24, 2.45) is 4.99 Å². The van der Waals surface area contributed by atoms with Crippen molar-refractivity contribution in [3.05, 3.63) is 42.0 Å². The van der Waals surface area contributed by atoms with Gasteiger partial charge in [0.2, 0.25) is 5.89 Å². The summed E-state index contributed by atoms with van der Waals surface area (Å²) in [6.07, 6.45) is 6.44. The van der Waals surface area contributed by atoms with E-state index < -0.39 is 10.8 Å². The molecule has 0 saturated heterocycles. The van der Waals surface area contributed by atoms with E-state index in [1.807, 2.05) is 6.92 Å². The Morgan fingerprint density at radius 2 is 2.14 bits per heavy atom. The SMILES string of the molecule is CCS(=O)C1CCCC(NC(=NC)NCCc2coc(-c3ccc(F)cc3)n2)C1. The molecule has 29 heavy (non-hydrogen) atoms. The highest BCUT2D eigenvalue weighted by molar-refractivity contribution is 7.85. The number of nitrogens with one attached hydrogen (secondary N) is 2. The van der Waals surface area contributed by atoms with Gasteiger partial charge in [-0.3, -0.25) is 9.20 Å². The Morgan fingerprint density at radius 1 is 1.34 bits per heavy atom. The van der Waals surface area contributed by atoms with Crippen LogP contribution in [0.1, 0.15) is 38.3 Å². The molecule has 2 aromatic rings. The maximum atomic E-state index is 13.0.